The molecule has 1 unspecified atom stereocenters. The number of hydrogen-bond donors (Lipinski definition) is 0. The minimum Gasteiger partial charge on any atom is -0.377 e. The average molecular weight is 332 g/mol. The molecule has 0 radical (unpaired) electrons. The lowest BCUT2D eigenvalue weighted by Gasteiger charge is -2.27. The molecule has 128 valence electrons. The van der Waals surface area contributed by atoms with E-state index in [1.165, 1.54) is 6.07 Å². The van der Waals surface area contributed by atoms with Gasteiger partial charge in [0.05, 0.1) is 6.42 Å². The van der Waals surface area contributed by atoms with Crippen molar-refractivity contribution in [3.05, 3.63) is 47.3 Å². The Morgan fingerprint density at radius 2 is 2.12 bits per heavy atom. The summed E-state index contributed by atoms with van der Waals surface area (Å²) in [5.74, 6) is 1.21. The van der Waals surface area contributed by atoms with Crippen molar-refractivity contribution in [3.8, 4) is 0 Å². The summed E-state index contributed by atoms with van der Waals surface area (Å²) in [5, 5.41) is 8.36. The highest BCUT2D eigenvalue weighted by Crippen LogP contribution is 2.17. The summed E-state index contributed by atoms with van der Waals surface area (Å²) in [6, 6.07) is 6.40. The molecule has 7 heteroatoms. The second-order valence-electron chi connectivity index (χ2n) is 6.03. The van der Waals surface area contributed by atoms with Crippen molar-refractivity contribution in [1.29, 1.82) is 0 Å². The van der Waals surface area contributed by atoms with Gasteiger partial charge in [0.15, 0.2) is 5.82 Å². The number of aromatic nitrogens is 3. The molecule has 1 aromatic heterocycles. The average Bonchev–Trinajstić information content (AvgIpc) is 2.83. The van der Waals surface area contributed by atoms with E-state index in [9.17, 15) is 9.18 Å². The molecule has 1 amide bonds. The predicted molar refractivity (Wildman–Crippen MR) is 85.7 cm³/mol. The van der Waals surface area contributed by atoms with Gasteiger partial charge in [-0.3, -0.25) is 4.79 Å². The fraction of sp³-hybridized carbons (Fsp3) is 0.471. The maximum absolute atomic E-state index is 13.8. The maximum Gasteiger partial charge on any atom is 0.227 e. The van der Waals surface area contributed by atoms with Crippen molar-refractivity contribution in [1.82, 2.24) is 19.7 Å². The zero-order valence-corrected chi connectivity index (χ0v) is 13.9. The van der Waals surface area contributed by atoms with E-state index in [-0.39, 0.29) is 24.2 Å². The molecular weight excluding hydrogens is 311 g/mol. The van der Waals surface area contributed by atoms with Gasteiger partial charge < -0.3 is 14.2 Å². The van der Waals surface area contributed by atoms with Gasteiger partial charge >= 0.3 is 0 Å². The Balaban J connectivity index is 1.74. The highest BCUT2D eigenvalue weighted by Gasteiger charge is 2.27. The Bertz CT molecular complexity index is 731. The molecule has 0 saturated heterocycles. The molecule has 1 atom stereocenters. The van der Waals surface area contributed by atoms with Crippen LogP contribution in [0.4, 0.5) is 4.39 Å². The van der Waals surface area contributed by atoms with Crippen molar-refractivity contribution in [2.24, 2.45) is 0 Å². The van der Waals surface area contributed by atoms with Crippen LogP contribution in [0.1, 0.15) is 24.1 Å². The number of methoxy groups -OCH3 is 1. The van der Waals surface area contributed by atoms with Gasteiger partial charge in [0.2, 0.25) is 5.91 Å². The summed E-state index contributed by atoms with van der Waals surface area (Å²) in [5.41, 5.74) is 0.429. The highest BCUT2D eigenvalue weighted by molar-refractivity contribution is 5.79. The molecule has 0 bridgehead atoms. The van der Waals surface area contributed by atoms with E-state index in [0.717, 1.165) is 11.6 Å². The van der Waals surface area contributed by atoms with E-state index in [0.29, 0.717) is 31.7 Å². The molecule has 6 nitrogen and oxygen atoms in total. The van der Waals surface area contributed by atoms with Gasteiger partial charge in [-0.05, 0) is 18.6 Å². The number of nitrogens with zero attached hydrogens (tertiary/aromatic N) is 4. The molecule has 1 aromatic carbocycles. The van der Waals surface area contributed by atoms with Gasteiger partial charge in [0, 0.05) is 32.7 Å². The Hall–Kier alpha value is -2.28. The first-order valence-corrected chi connectivity index (χ1v) is 8.03. The SMILES string of the molecule is COCc1nnc2n1CCN(C(=O)Cc1ccccc1F)C(C)C2. The van der Waals surface area contributed by atoms with Crippen LogP contribution in [0.15, 0.2) is 24.3 Å². The van der Waals surface area contributed by atoms with Crippen molar-refractivity contribution < 1.29 is 13.9 Å². The number of halogens is 1. The molecule has 0 fully saturated rings. The molecule has 0 saturated carbocycles. The third-order valence-electron chi connectivity index (χ3n) is 4.37. The lowest BCUT2D eigenvalue weighted by atomic mass is 10.1. The summed E-state index contributed by atoms with van der Waals surface area (Å²) >= 11 is 0. The maximum atomic E-state index is 13.8. The smallest absolute Gasteiger partial charge is 0.227 e. The Morgan fingerprint density at radius 3 is 2.88 bits per heavy atom. The van der Waals surface area contributed by atoms with Crippen LogP contribution < -0.4 is 0 Å². The molecule has 2 heterocycles. The van der Waals surface area contributed by atoms with Crippen molar-refractivity contribution >= 4 is 5.91 Å². The van der Waals surface area contributed by atoms with Crippen LogP contribution in [0.5, 0.6) is 0 Å². The third-order valence-corrected chi connectivity index (χ3v) is 4.37. The van der Waals surface area contributed by atoms with Crippen LogP contribution in [0.2, 0.25) is 0 Å². The lowest BCUT2D eigenvalue weighted by molar-refractivity contribution is -0.132. The minimum atomic E-state index is -0.340. The molecule has 0 spiro atoms. The monoisotopic (exact) mass is 332 g/mol. The highest BCUT2D eigenvalue weighted by atomic mass is 19.1. The summed E-state index contributed by atoms with van der Waals surface area (Å²) in [7, 11) is 1.62. The zero-order valence-electron chi connectivity index (χ0n) is 13.9. The molecular formula is C17H21FN4O2. The van der Waals surface area contributed by atoms with Crippen molar-refractivity contribution in [2.75, 3.05) is 13.7 Å². The third kappa shape index (κ3) is 3.31. The van der Waals surface area contributed by atoms with E-state index in [1.807, 2.05) is 11.5 Å². The Morgan fingerprint density at radius 1 is 1.33 bits per heavy atom. The van der Waals surface area contributed by atoms with E-state index in [2.05, 4.69) is 10.2 Å². The molecule has 24 heavy (non-hydrogen) atoms. The van der Waals surface area contributed by atoms with E-state index < -0.39 is 0 Å². The van der Waals surface area contributed by atoms with Gasteiger partial charge in [-0.25, -0.2) is 4.39 Å². The molecule has 1 aliphatic heterocycles. The van der Waals surface area contributed by atoms with Gasteiger partial charge in [0.1, 0.15) is 18.2 Å². The summed E-state index contributed by atoms with van der Waals surface area (Å²) in [6.07, 6.45) is 0.697. The molecule has 3 rings (SSSR count). The van der Waals surface area contributed by atoms with Crippen LogP contribution in [0, 0.1) is 5.82 Å². The quantitative estimate of drug-likeness (QED) is 0.853. The topological polar surface area (TPSA) is 60.3 Å². The van der Waals surface area contributed by atoms with Crippen LogP contribution in [0.3, 0.4) is 0 Å². The number of carbonyl (C=O) groups is 1. The molecule has 1 aliphatic rings. The Labute approximate surface area is 140 Å². The van der Waals surface area contributed by atoms with Crippen molar-refractivity contribution in [2.45, 2.75) is 39.0 Å². The number of rotatable bonds is 4. The van der Waals surface area contributed by atoms with E-state index >= 15 is 0 Å². The first-order valence-electron chi connectivity index (χ1n) is 8.03. The number of hydrogen-bond acceptors (Lipinski definition) is 4. The van der Waals surface area contributed by atoms with Crippen LogP contribution in [-0.4, -0.2) is 45.3 Å². The number of fused-ring (bicyclic) bond motifs is 1. The largest absolute Gasteiger partial charge is 0.377 e. The zero-order chi connectivity index (χ0) is 17.1. The predicted octanol–water partition coefficient (Wildman–Crippen LogP) is 1.58. The van der Waals surface area contributed by atoms with Gasteiger partial charge in [-0.15, -0.1) is 10.2 Å². The first kappa shape index (κ1) is 16.6. The second kappa shape index (κ2) is 7.09. The standard InChI is InChI=1S/C17H21FN4O2/c1-12-9-15-19-20-16(11-24-2)22(15)8-7-21(12)17(23)10-13-5-3-4-6-14(13)18/h3-6,12H,7-11H2,1-2H3. The van der Waals surface area contributed by atoms with Crippen LogP contribution in [0.25, 0.3) is 0 Å². The number of amides is 1. The van der Waals surface area contributed by atoms with Gasteiger partial charge in [-0.1, -0.05) is 18.2 Å². The van der Waals surface area contributed by atoms with E-state index in [4.69, 9.17) is 4.74 Å². The molecule has 0 aliphatic carbocycles. The van der Waals surface area contributed by atoms with Gasteiger partial charge in [-0.2, -0.15) is 0 Å². The fourth-order valence-corrected chi connectivity index (χ4v) is 3.10. The normalized spacial score (nSPS) is 17.5. The fourth-order valence-electron chi connectivity index (χ4n) is 3.10. The van der Waals surface area contributed by atoms with Crippen LogP contribution in [-0.2, 0) is 35.5 Å². The van der Waals surface area contributed by atoms with Crippen LogP contribution >= 0.6 is 0 Å². The number of carbonyl (C=O) groups excluding carboxylic acids is 1. The second-order valence-corrected chi connectivity index (χ2v) is 6.03. The van der Waals surface area contributed by atoms with Gasteiger partial charge in [0.25, 0.3) is 0 Å². The molecule has 0 N–H and O–H groups in total. The number of benzene rings is 1. The summed E-state index contributed by atoms with van der Waals surface area (Å²) in [4.78, 5) is 14.5. The summed E-state index contributed by atoms with van der Waals surface area (Å²) in [6.45, 7) is 3.55. The van der Waals surface area contributed by atoms with Crippen molar-refractivity contribution in [3.63, 3.8) is 0 Å². The Kier molecular flexibility index (Phi) is 4.89. The summed E-state index contributed by atoms with van der Waals surface area (Å²) < 4.78 is 20.9. The van der Waals surface area contributed by atoms with E-state index in [1.54, 1.807) is 30.2 Å². The first-order chi connectivity index (χ1) is 11.6. The number of ether oxygens (including phenoxy) is 1. The molecule has 2 aromatic rings. The minimum absolute atomic E-state index is 0.00915. The lowest BCUT2D eigenvalue weighted by Crippen LogP contribution is -2.41.